The van der Waals surface area contributed by atoms with Crippen LogP contribution in [-0.4, -0.2) is 52.7 Å². The molecular formula is C26H28N2O5. The lowest BCUT2D eigenvalue weighted by Gasteiger charge is -2.28. The predicted octanol–water partition coefficient (Wildman–Crippen LogP) is 3.77. The SMILES string of the molecule is CC[C@H](NC(=O)OCC1c2ccccc2-c2ccccc21)C(=O)N1C2CCC1C(C(=O)O)C2. The smallest absolute Gasteiger partial charge is 0.407 e. The topological polar surface area (TPSA) is 95.9 Å². The fourth-order valence-electron chi connectivity index (χ4n) is 5.90. The first-order chi connectivity index (χ1) is 16.0. The first-order valence-corrected chi connectivity index (χ1v) is 11.7. The number of nitrogens with zero attached hydrogens (tertiary/aromatic N) is 1. The Morgan fingerprint density at radius 1 is 1.06 bits per heavy atom. The molecule has 2 saturated heterocycles. The summed E-state index contributed by atoms with van der Waals surface area (Å²) in [7, 11) is 0. The molecule has 2 heterocycles. The van der Waals surface area contributed by atoms with Crippen LogP contribution in [0.2, 0.25) is 0 Å². The van der Waals surface area contributed by atoms with Gasteiger partial charge >= 0.3 is 12.1 Å². The molecule has 2 amide bonds. The molecule has 0 saturated carbocycles. The maximum atomic E-state index is 13.2. The zero-order valence-corrected chi connectivity index (χ0v) is 18.6. The highest BCUT2D eigenvalue weighted by atomic mass is 16.5. The van der Waals surface area contributed by atoms with E-state index in [-0.39, 0.29) is 30.5 Å². The number of hydrogen-bond donors (Lipinski definition) is 2. The molecule has 0 spiro atoms. The highest BCUT2D eigenvalue weighted by molar-refractivity contribution is 5.88. The Bertz CT molecular complexity index is 1050. The van der Waals surface area contributed by atoms with Crippen molar-refractivity contribution in [3.63, 3.8) is 0 Å². The van der Waals surface area contributed by atoms with Gasteiger partial charge in [-0.25, -0.2) is 4.79 Å². The highest BCUT2D eigenvalue weighted by Crippen LogP contribution is 2.45. The number of nitrogens with one attached hydrogen (secondary N) is 1. The van der Waals surface area contributed by atoms with Crippen LogP contribution in [0.3, 0.4) is 0 Å². The molecule has 3 aliphatic rings. The summed E-state index contributed by atoms with van der Waals surface area (Å²) >= 11 is 0. The van der Waals surface area contributed by atoms with Crippen molar-refractivity contribution >= 4 is 18.0 Å². The van der Waals surface area contributed by atoms with Crippen molar-refractivity contribution in [2.24, 2.45) is 5.92 Å². The summed E-state index contributed by atoms with van der Waals surface area (Å²) < 4.78 is 5.60. The summed E-state index contributed by atoms with van der Waals surface area (Å²) in [6.45, 7) is 2.01. The molecule has 2 aromatic rings. The van der Waals surface area contributed by atoms with Crippen LogP contribution in [0.15, 0.2) is 48.5 Å². The number of alkyl carbamates (subject to hydrolysis) is 1. The van der Waals surface area contributed by atoms with E-state index in [1.807, 2.05) is 31.2 Å². The monoisotopic (exact) mass is 448 g/mol. The fourth-order valence-corrected chi connectivity index (χ4v) is 5.90. The van der Waals surface area contributed by atoms with Gasteiger partial charge in [-0.05, 0) is 47.9 Å². The fraction of sp³-hybridized carbons (Fsp3) is 0.423. The molecule has 0 aromatic heterocycles. The van der Waals surface area contributed by atoms with E-state index < -0.39 is 24.0 Å². The Balaban J connectivity index is 1.24. The maximum Gasteiger partial charge on any atom is 0.407 e. The zero-order valence-electron chi connectivity index (χ0n) is 18.6. The van der Waals surface area contributed by atoms with Crippen molar-refractivity contribution in [1.29, 1.82) is 0 Å². The van der Waals surface area contributed by atoms with Crippen LogP contribution in [0.4, 0.5) is 4.79 Å². The van der Waals surface area contributed by atoms with E-state index in [0.717, 1.165) is 28.7 Å². The van der Waals surface area contributed by atoms with E-state index in [1.165, 1.54) is 0 Å². The molecule has 1 aliphatic carbocycles. The third-order valence-corrected chi connectivity index (χ3v) is 7.45. The predicted molar refractivity (Wildman–Crippen MR) is 122 cm³/mol. The molecule has 2 bridgehead atoms. The van der Waals surface area contributed by atoms with Crippen molar-refractivity contribution in [2.75, 3.05) is 6.61 Å². The molecule has 7 nitrogen and oxygen atoms in total. The van der Waals surface area contributed by atoms with Gasteiger partial charge in [-0.1, -0.05) is 55.5 Å². The molecule has 0 radical (unpaired) electrons. The van der Waals surface area contributed by atoms with Crippen LogP contribution in [0, 0.1) is 5.92 Å². The minimum Gasteiger partial charge on any atom is -0.481 e. The number of rotatable bonds is 6. The Kier molecular flexibility index (Phi) is 5.56. The van der Waals surface area contributed by atoms with Gasteiger partial charge in [0.1, 0.15) is 12.6 Å². The van der Waals surface area contributed by atoms with Gasteiger partial charge in [0.15, 0.2) is 0 Å². The lowest BCUT2D eigenvalue weighted by Crippen LogP contribution is -2.50. The molecule has 2 fully saturated rings. The maximum absolute atomic E-state index is 13.2. The molecule has 3 unspecified atom stereocenters. The first kappa shape index (κ1) is 21.5. The van der Waals surface area contributed by atoms with Crippen molar-refractivity contribution < 1.29 is 24.2 Å². The van der Waals surface area contributed by atoms with Crippen LogP contribution < -0.4 is 5.32 Å². The number of carbonyl (C=O) groups is 3. The third kappa shape index (κ3) is 3.65. The number of carboxylic acid groups (broad SMARTS) is 1. The zero-order chi connectivity index (χ0) is 23.1. The number of carboxylic acids is 1. The van der Waals surface area contributed by atoms with Crippen LogP contribution >= 0.6 is 0 Å². The van der Waals surface area contributed by atoms with Crippen LogP contribution in [0.5, 0.6) is 0 Å². The van der Waals surface area contributed by atoms with E-state index in [1.54, 1.807) is 4.90 Å². The van der Waals surface area contributed by atoms with Crippen LogP contribution in [0.1, 0.15) is 49.7 Å². The molecule has 33 heavy (non-hydrogen) atoms. The minimum atomic E-state index is -0.849. The summed E-state index contributed by atoms with van der Waals surface area (Å²) in [5.74, 6) is -1.62. The van der Waals surface area contributed by atoms with Crippen LogP contribution in [-0.2, 0) is 14.3 Å². The summed E-state index contributed by atoms with van der Waals surface area (Å²) in [6.07, 6.45) is 1.80. The Hall–Kier alpha value is -3.35. The number of benzene rings is 2. The minimum absolute atomic E-state index is 0.0512. The van der Waals surface area contributed by atoms with Gasteiger partial charge < -0.3 is 20.1 Å². The van der Waals surface area contributed by atoms with Gasteiger partial charge in [0.05, 0.1) is 5.92 Å². The number of hydrogen-bond acceptors (Lipinski definition) is 4. The molecule has 172 valence electrons. The van der Waals surface area contributed by atoms with Crippen molar-refractivity contribution in [3.05, 3.63) is 59.7 Å². The average Bonchev–Trinajstić information content (AvgIpc) is 3.50. The molecule has 2 N–H and O–H groups in total. The van der Waals surface area contributed by atoms with E-state index in [4.69, 9.17) is 4.74 Å². The van der Waals surface area contributed by atoms with Gasteiger partial charge in [-0.2, -0.15) is 0 Å². The lowest BCUT2D eigenvalue weighted by atomic mass is 9.89. The Labute approximate surface area is 192 Å². The van der Waals surface area contributed by atoms with Gasteiger partial charge in [-0.3, -0.25) is 9.59 Å². The summed E-state index contributed by atoms with van der Waals surface area (Å²) in [5, 5.41) is 12.2. The van der Waals surface area contributed by atoms with Gasteiger partial charge in [0.2, 0.25) is 5.91 Å². The largest absolute Gasteiger partial charge is 0.481 e. The number of amides is 2. The molecular weight excluding hydrogens is 420 g/mol. The van der Waals surface area contributed by atoms with E-state index >= 15 is 0 Å². The van der Waals surface area contributed by atoms with Crippen molar-refractivity contribution in [2.45, 2.75) is 56.7 Å². The average molecular weight is 449 g/mol. The van der Waals surface area contributed by atoms with Gasteiger partial charge in [0, 0.05) is 18.0 Å². The number of fused-ring (bicyclic) bond motifs is 5. The second-order valence-corrected chi connectivity index (χ2v) is 9.16. The van der Waals surface area contributed by atoms with Crippen molar-refractivity contribution in [3.8, 4) is 11.1 Å². The second-order valence-electron chi connectivity index (χ2n) is 9.16. The molecule has 5 rings (SSSR count). The van der Waals surface area contributed by atoms with E-state index in [9.17, 15) is 19.5 Å². The van der Waals surface area contributed by atoms with Gasteiger partial charge in [0.25, 0.3) is 0 Å². The molecule has 4 atom stereocenters. The molecule has 7 heteroatoms. The number of carbonyl (C=O) groups excluding carboxylic acids is 2. The number of ether oxygens (including phenoxy) is 1. The van der Waals surface area contributed by atoms with E-state index in [2.05, 4.69) is 29.6 Å². The third-order valence-electron chi connectivity index (χ3n) is 7.45. The lowest BCUT2D eigenvalue weighted by molar-refractivity contribution is -0.143. The molecule has 2 aromatic carbocycles. The summed E-state index contributed by atoms with van der Waals surface area (Å²) in [5.41, 5.74) is 4.56. The standard InChI is InChI=1S/C26H28N2O5/c1-2-22(24(29)28-15-11-12-23(28)20(13-15)25(30)31)27-26(32)33-14-21-18-9-5-3-7-16(18)17-8-4-6-10-19(17)21/h3-10,15,20-23H,2,11-14H2,1H3,(H,27,32)(H,30,31)/t15?,20?,22-,23?/m0/s1. The first-order valence-electron chi connectivity index (χ1n) is 11.7. The Morgan fingerprint density at radius 2 is 1.70 bits per heavy atom. The van der Waals surface area contributed by atoms with Crippen molar-refractivity contribution in [1.82, 2.24) is 10.2 Å². The summed E-state index contributed by atoms with van der Waals surface area (Å²) in [6, 6.07) is 15.2. The van der Waals surface area contributed by atoms with Crippen LogP contribution in [0.25, 0.3) is 11.1 Å². The highest BCUT2D eigenvalue weighted by Gasteiger charge is 2.52. The second kappa shape index (κ2) is 8.54. The summed E-state index contributed by atoms with van der Waals surface area (Å²) in [4.78, 5) is 39.1. The quantitative estimate of drug-likeness (QED) is 0.701. The Morgan fingerprint density at radius 3 is 2.27 bits per heavy atom. The normalized spacial score (nSPS) is 23.7. The molecule has 2 aliphatic heterocycles. The van der Waals surface area contributed by atoms with E-state index in [0.29, 0.717) is 19.3 Å². The van der Waals surface area contributed by atoms with Gasteiger partial charge in [-0.15, -0.1) is 0 Å². The number of aliphatic carboxylic acids is 1.